The molecule has 352 valence electrons. The van der Waals surface area contributed by atoms with Gasteiger partial charge in [-0.05, 0) is 152 Å². The van der Waals surface area contributed by atoms with Crippen molar-refractivity contribution < 1.29 is 22.1 Å². The molecule has 1 saturated carbocycles. The molecule has 0 saturated heterocycles. The number of rotatable bonds is 4. The van der Waals surface area contributed by atoms with Crippen molar-refractivity contribution >= 4 is 87.0 Å². The lowest BCUT2D eigenvalue weighted by Crippen LogP contribution is -2.31. The first-order valence-electron chi connectivity index (χ1n) is 26.8. The van der Waals surface area contributed by atoms with Gasteiger partial charge in [0.1, 0.15) is 36.4 Å². The predicted molar refractivity (Wildman–Crippen MR) is 298 cm³/mol. The van der Waals surface area contributed by atoms with Crippen molar-refractivity contribution in [1.29, 1.82) is 0 Å². The number of furan rings is 2. The number of hydrogen-bond donors (Lipinski definition) is 0. The Bertz CT molecular complexity index is 4260. The van der Waals surface area contributed by atoms with E-state index in [4.69, 9.17) is 11.6 Å². The Kier molecular flexibility index (Phi) is 9.90. The summed E-state index contributed by atoms with van der Waals surface area (Å²) in [6.07, 6.45) is 6.59. The molecule has 0 spiro atoms. The average Bonchev–Trinajstić information content (AvgIpc) is 3.93. The number of nitrogens with zero attached hydrogens (tertiary/aromatic N) is 2. The summed E-state index contributed by atoms with van der Waals surface area (Å²) in [6, 6.07) is 51.7. The lowest BCUT2D eigenvalue weighted by molar-refractivity contribution is -0.660. The van der Waals surface area contributed by atoms with Crippen LogP contribution < -0.4 is 9.13 Å². The van der Waals surface area contributed by atoms with E-state index in [0.29, 0.717) is 11.0 Å². The second-order valence-corrected chi connectivity index (χ2v) is 22.2. The molecule has 4 heterocycles. The fraction of sp³-hybridized carbons (Fsp3) is 0.254. The molecule has 13 rings (SSSR count). The molecule has 12 aromatic rings. The first-order chi connectivity index (χ1) is 35.3. The third-order valence-electron chi connectivity index (χ3n) is 15.4. The maximum atomic E-state index is 9.39. The van der Waals surface area contributed by atoms with Crippen LogP contribution in [0.2, 0.25) is 0 Å². The van der Waals surface area contributed by atoms with Gasteiger partial charge in [0.05, 0.1) is 11.1 Å². The number of benzene rings is 8. The maximum absolute atomic E-state index is 9.39. The minimum absolute atomic E-state index is 0.331. The quantitative estimate of drug-likeness (QED) is 0.130. The zero-order chi connectivity index (χ0) is 51.6. The van der Waals surface area contributed by atoms with Crippen LogP contribution in [0.4, 0.5) is 0 Å². The van der Waals surface area contributed by atoms with Crippen LogP contribution in [-0.2, 0) is 20.5 Å². The van der Waals surface area contributed by atoms with Crippen molar-refractivity contribution in [2.75, 3.05) is 0 Å². The molecule has 4 aromatic heterocycles. The van der Waals surface area contributed by atoms with Crippen LogP contribution in [0.25, 0.3) is 109 Å². The highest BCUT2D eigenvalue weighted by Crippen LogP contribution is 2.45. The van der Waals surface area contributed by atoms with Gasteiger partial charge in [-0.2, -0.15) is 0 Å². The predicted octanol–water partition coefficient (Wildman–Crippen LogP) is 17.7. The van der Waals surface area contributed by atoms with E-state index in [1.54, 1.807) is 0 Å². The molecule has 0 N–H and O–H groups in total. The summed E-state index contributed by atoms with van der Waals surface area (Å²) >= 11 is 0. The van der Waals surface area contributed by atoms with Gasteiger partial charge < -0.3 is 8.83 Å². The third-order valence-corrected chi connectivity index (χ3v) is 15.4. The van der Waals surface area contributed by atoms with E-state index < -0.39 is 17.7 Å². The highest BCUT2D eigenvalue weighted by molar-refractivity contribution is 6.19. The number of pyridine rings is 2. The average molecular weight is 932 g/mol. The van der Waals surface area contributed by atoms with Crippen LogP contribution in [0.3, 0.4) is 0 Å². The first kappa shape index (κ1) is 41.5. The Balaban J connectivity index is 0.000000150. The second-order valence-electron chi connectivity index (χ2n) is 22.2. The molecule has 4 nitrogen and oxygen atoms in total. The minimum Gasteiger partial charge on any atom is -0.455 e. The highest BCUT2D eigenvalue weighted by atomic mass is 16.3. The number of aryl methyl sites for hydroxylation is 4. The maximum Gasteiger partial charge on any atom is 0.216 e. The van der Waals surface area contributed by atoms with Gasteiger partial charge in [-0.15, -0.1) is 0 Å². The van der Waals surface area contributed by atoms with Gasteiger partial charge in [0.25, 0.3) is 0 Å². The Labute approximate surface area is 421 Å². The van der Waals surface area contributed by atoms with E-state index in [9.17, 15) is 1.37 Å². The van der Waals surface area contributed by atoms with Gasteiger partial charge in [0.2, 0.25) is 11.4 Å². The van der Waals surface area contributed by atoms with E-state index >= 15 is 0 Å². The smallest absolute Gasteiger partial charge is 0.216 e. The molecule has 0 aliphatic heterocycles. The van der Waals surface area contributed by atoms with E-state index in [1.807, 2.05) is 46.1 Å². The van der Waals surface area contributed by atoms with Crippen LogP contribution in [0, 0.1) is 24.7 Å². The molecular weight excluding hydrogens is 865 g/mol. The molecular formula is C67H64N2O2+2. The Morgan fingerprint density at radius 2 is 1.01 bits per heavy atom. The fourth-order valence-corrected chi connectivity index (χ4v) is 11.4. The van der Waals surface area contributed by atoms with Gasteiger partial charge in [-0.25, -0.2) is 9.13 Å². The number of hydrogen-bond acceptors (Lipinski definition) is 2. The van der Waals surface area contributed by atoms with Gasteiger partial charge in [0, 0.05) is 49.9 Å². The van der Waals surface area contributed by atoms with Crippen LogP contribution >= 0.6 is 0 Å². The van der Waals surface area contributed by atoms with Crippen molar-refractivity contribution in [2.24, 2.45) is 24.9 Å². The number of aromatic nitrogens is 2. The standard InChI is InChI=1S/C35H34NO.C32H30NO/c1-22-9-12-28-30-21-29-26(11-10-24-7-5-6-8-27(24)29)20-32(30)37-34(28)33(22)31-19-25(15-18-36(31)4)23-13-16-35(2,3)17-14-23;1-20-10-13-25-27-18-26-23(12-11-22-8-6-7-9-24(22)26)17-29(27)34-31(25)30(20)28-16-21(14-15-33(28)5)19-32(2,3)4/h5-12,15,18-21,23H,13-14,16-17H2,1-4H3;6-18H,19H2,1-5H3/q2*+1/i23D;19D2. The molecule has 0 atom stereocenters. The zero-order valence-corrected chi connectivity index (χ0v) is 42.6. The van der Waals surface area contributed by atoms with Crippen molar-refractivity contribution in [3.05, 3.63) is 180 Å². The Morgan fingerprint density at radius 3 is 1.54 bits per heavy atom. The summed E-state index contributed by atoms with van der Waals surface area (Å²) in [5.74, 6) is -0.535. The summed E-state index contributed by atoms with van der Waals surface area (Å²) in [6.45, 7) is 14.8. The Morgan fingerprint density at radius 1 is 0.535 bits per heavy atom. The van der Waals surface area contributed by atoms with E-state index in [2.05, 4.69) is 184 Å². The van der Waals surface area contributed by atoms with Crippen LogP contribution in [0.15, 0.2) is 167 Å². The van der Waals surface area contributed by atoms with Crippen molar-refractivity contribution in [2.45, 2.75) is 86.4 Å². The molecule has 71 heavy (non-hydrogen) atoms. The Hall–Kier alpha value is -7.30. The van der Waals surface area contributed by atoms with Crippen molar-refractivity contribution in [3.63, 3.8) is 0 Å². The van der Waals surface area contributed by atoms with Crippen LogP contribution in [0.5, 0.6) is 0 Å². The van der Waals surface area contributed by atoms with Gasteiger partial charge in [0.15, 0.2) is 12.4 Å². The lowest BCUT2D eigenvalue weighted by Gasteiger charge is -2.34. The summed E-state index contributed by atoms with van der Waals surface area (Å²) in [4.78, 5) is 0. The lowest BCUT2D eigenvalue weighted by atomic mass is 9.71. The van der Waals surface area contributed by atoms with Gasteiger partial charge in [-0.1, -0.05) is 132 Å². The molecule has 4 heteroatoms. The minimum atomic E-state index is -1.48. The largest absolute Gasteiger partial charge is 0.455 e. The molecule has 1 aliphatic rings. The fourth-order valence-electron chi connectivity index (χ4n) is 11.4. The highest BCUT2D eigenvalue weighted by Gasteiger charge is 2.30. The summed E-state index contributed by atoms with van der Waals surface area (Å²) in [5.41, 5.74) is 11.6. The third kappa shape index (κ3) is 8.02. The molecule has 0 bridgehead atoms. The summed E-state index contributed by atoms with van der Waals surface area (Å²) < 4.78 is 44.5. The summed E-state index contributed by atoms with van der Waals surface area (Å²) in [7, 11) is 4.11. The van der Waals surface area contributed by atoms with E-state index in [1.165, 1.54) is 43.3 Å². The summed E-state index contributed by atoms with van der Waals surface area (Å²) in [5, 5.41) is 14.3. The van der Waals surface area contributed by atoms with Crippen molar-refractivity contribution in [3.8, 4) is 22.5 Å². The van der Waals surface area contributed by atoms with Gasteiger partial charge in [-0.3, -0.25) is 0 Å². The monoisotopic (exact) mass is 932 g/mol. The number of fused-ring (bicyclic) bond motifs is 12. The normalized spacial score (nSPS) is 15.7. The molecule has 1 aliphatic carbocycles. The van der Waals surface area contributed by atoms with Gasteiger partial charge >= 0.3 is 0 Å². The van der Waals surface area contributed by atoms with Crippen molar-refractivity contribution in [1.82, 2.24) is 0 Å². The van der Waals surface area contributed by atoms with Crippen LogP contribution in [0.1, 0.15) is 92.6 Å². The zero-order valence-electron chi connectivity index (χ0n) is 45.6. The topological polar surface area (TPSA) is 34.0 Å². The molecule has 1 fully saturated rings. The second kappa shape index (κ2) is 16.9. The van der Waals surface area contributed by atoms with Crippen LogP contribution in [-0.4, -0.2) is 0 Å². The first-order valence-corrected chi connectivity index (χ1v) is 25.3. The van der Waals surface area contributed by atoms with E-state index in [0.717, 1.165) is 109 Å². The van der Waals surface area contributed by atoms with E-state index in [-0.39, 0.29) is 0 Å². The molecule has 0 amide bonds. The molecule has 0 unspecified atom stereocenters. The SMILES string of the molecule is [2H]C([2H])(c1cc[n+](C)c(-c2c(C)ccc3c2oc2cc4ccc5ccccc5c4cc23)c1)C(C)(C)C.[2H]C1(c2cc[n+](C)c(-c3c(C)ccc4c3oc3cc5ccc6ccccc6c5cc34)c2)CCC(C)(C)CC1. The molecule has 0 radical (unpaired) electrons. The molecule has 8 aromatic carbocycles.